The predicted octanol–water partition coefficient (Wildman–Crippen LogP) is 2.94. The minimum atomic E-state index is -0.615. The zero-order valence-corrected chi connectivity index (χ0v) is 11.7. The standard InChI is InChI=1S/C16H25NO/c1-3-14-6-8-15(9-7-14)16(18)10-5-12-17(4-2)13-11-16/h6-9,18H,3-5,10-13H2,1-2H3. The zero-order chi connectivity index (χ0) is 13.0. The molecule has 1 aromatic rings. The van der Waals surface area contributed by atoms with Crippen molar-refractivity contribution in [2.24, 2.45) is 0 Å². The van der Waals surface area contributed by atoms with Gasteiger partial charge in [-0.25, -0.2) is 0 Å². The summed E-state index contributed by atoms with van der Waals surface area (Å²) in [5.74, 6) is 0. The van der Waals surface area contributed by atoms with Gasteiger partial charge in [-0.15, -0.1) is 0 Å². The van der Waals surface area contributed by atoms with E-state index in [1.807, 2.05) is 0 Å². The van der Waals surface area contributed by atoms with Crippen LogP contribution in [0.2, 0.25) is 0 Å². The first-order valence-electron chi connectivity index (χ1n) is 7.22. The van der Waals surface area contributed by atoms with Gasteiger partial charge < -0.3 is 10.0 Å². The number of rotatable bonds is 3. The molecular weight excluding hydrogens is 222 g/mol. The second kappa shape index (κ2) is 5.85. The Bertz CT molecular complexity index is 373. The van der Waals surface area contributed by atoms with Crippen LogP contribution in [0, 0.1) is 0 Å². The summed E-state index contributed by atoms with van der Waals surface area (Å²) >= 11 is 0. The molecule has 1 atom stereocenters. The lowest BCUT2D eigenvalue weighted by atomic mass is 9.86. The number of hydrogen-bond donors (Lipinski definition) is 1. The molecular formula is C16H25NO. The third-order valence-electron chi connectivity index (χ3n) is 4.25. The topological polar surface area (TPSA) is 23.5 Å². The summed E-state index contributed by atoms with van der Waals surface area (Å²) in [5, 5.41) is 10.9. The maximum atomic E-state index is 10.9. The Hall–Kier alpha value is -0.860. The summed E-state index contributed by atoms with van der Waals surface area (Å²) in [7, 11) is 0. The fourth-order valence-electron chi connectivity index (χ4n) is 2.83. The van der Waals surface area contributed by atoms with Crippen molar-refractivity contribution in [3.63, 3.8) is 0 Å². The molecule has 1 heterocycles. The fourth-order valence-corrected chi connectivity index (χ4v) is 2.83. The summed E-state index contributed by atoms with van der Waals surface area (Å²) in [5.41, 5.74) is 1.82. The van der Waals surface area contributed by atoms with Gasteiger partial charge in [0.25, 0.3) is 0 Å². The minimum absolute atomic E-state index is 0.615. The third kappa shape index (κ3) is 2.93. The van der Waals surface area contributed by atoms with Crippen LogP contribution in [-0.2, 0) is 12.0 Å². The van der Waals surface area contributed by atoms with Crippen molar-refractivity contribution in [2.75, 3.05) is 19.6 Å². The molecule has 0 radical (unpaired) electrons. The van der Waals surface area contributed by atoms with Crippen molar-refractivity contribution in [1.29, 1.82) is 0 Å². The van der Waals surface area contributed by atoms with E-state index in [9.17, 15) is 5.11 Å². The van der Waals surface area contributed by atoms with Crippen molar-refractivity contribution < 1.29 is 5.11 Å². The average molecular weight is 247 g/mol. The Morgan fingerprint density at radius 3 is 2.44 bits per heavy atom. The number of aliphatic hydroxyl groups is 1. The van der Waals surface area contributed by atoms with E-state index < -0.39 is 5.60 Å². The van der Waals surface area contributed by atoms with Crippen LogP contribution in [0.1, 0.15) is 44.2 Å². The highest BCUT2D eigenvalue weighted by Crippen LogP contribution is 2.32. The maximum Gasteiger partial charge on any atom is 0.0909 e. The predicted molar refractivity (Wildman–Crippen MR) is 75.7 cm³/mol. The smallest absolute Gasteiger partial charge is 0.0909 e. The van der Waals surface area contributed by atoms with E-state index >= 15 is 0 Å². The molecule has 2 heteroatoms. The molecule has 2 nitrogen and oxygen atoms in total. The molecule has 1 aliphatic rings. The molecule has 0 saturated carbocycles. The van der Waals surface area contributed by atoms with E-state index in [0.29, 0.717) is 0 Å². The molecule has 1 unspecified atom stereocenters. The van der Waals surface area contributed by atoms with Crippen molar-refractivity contribution in [3.05, 3.63) is 35.4 Å². The monoisotopic (exact) mass is 247 g/mol. The Labute approximate surface area is 111 Å². The number of likely N-dealkylation sites (tertiary alicyclic amines) is 1. The molecule has 1 aliphatic heterocycles. The Morgan fingerprint density at radius 1 is 1.11 bits per heavy atom. The Kier molecular flexibility index (Phi) is 4.41. The lowest BCUT2D eigenvalue weighted by Gasteiger charge is -2.27. The van der Waals surface area contributed by atoms with Gasteiger partial charge in [-0.05, 0) is 49.9 Å². The second-order valence-corrected chi connectivity index (χ2v) is 5.37. The van der Waals surface area contributed by atoms with E-state index in [-0.39, 0.29) is 0 Å². The fraction of sp³-hybridized carbons (Fsp3) is 0.625. The summed E-state index contributed by atoms with van der Waals surface area (Å²) in [6.45, 7) is 7.56. The van der Waals surface area contributed by atoms with Gasteiger partial charge in [-0.3, -0.25) is 0 Å². The van der Waals surface area contributed by atoms with Crippen LogP contribution >= 0.6 is 0 Å². The average Bonchev–Trinajstić information content (AvgIpc) is 2.61. The molecule has 2 rings (SSSR count). The van der Waals surface area contributed by atoms with E-state index in [4.69, 9.17) is 0 Å². The van der Waals surface area contributed by atoms with E-state index in [1.54, 1.807) is 0 Å². The van der Waals surface area contributed by atoms with Crippen LogP contribution in [0.5, 0.6) is 0 Å². The molecule has 100 valence electrons. The summed E-state index contributed by atoms with van der Waals surface area (Å²) in [4.78, 5) is 2.43. The first-order valence-corrected chi connectivity index (χ1v) is 7.22. The third-order valence-corrected chi connectivity index (χ3v) is 4.25. The summed E-state index contributed by atoms with van der Waals surface area (Å²) in [6, 6.07) is 8.52. The van der Waals surface area contributed by atoms with Gasteiger partial charge in [0.2, 0.25) is 0 Å². The largest absolute Gasteiger partial charge is 0.385 e. The zero-order valence-electron chi connectivity index (χ0n) is 11.7. The number of nitrogens with zero attached hydrogens (tertiary/aromatic N) is 1. The molecule has 0 aliphatic carbocycles. The maximum absolute atomic E-state index is 10.9. The van der Waals surface area contributed by atoms with Crippen molar-refractivity contribution >= 4 is 0 Å². The minimum Gasteiger partial charge on any atom is -0.385 e. The van der Waals surface area contributed by atoms with Crippen LogP contribution in [0.3, 0.4) is 0 Å². The molecule has 0 aromatic heterocycles. The van der Waals surface area contributed by atoms with Gasteiger partial charge in [-0.2, -0.15) is 0 Å². The Balaban J connectivity index is 2.13. The molecule has 1 fully saturated rings. The first-order chi connectivity index (χ1) is 8.68. The van der Waals surface area contributed by atoms with Crippen molar-refractivity contribution in [2.45, 2.75) is 45.1 Å². The van der Waals surface area contributed by atoms with Gasteiger partial charge in [0, 0.05) is 6.54 Å². The molecule has 1 saturated heterocycles. The summed E-state index contributed by atoms with van der Waals surface area (Å²) < 4.78 is 0. The van der Waals surface area contributed by atoms with Crippen LogP contribution in [0.25, 0.3) is 0 Å². The number of benzene rings is 1. The van der Waals surface area contributed by atoms with Gasteiger partial charge in [0.1, 0.15) is 0 Å². The SMILES string of the molecule is CCc1ccc(C2(O)CCCN(CC)CC2)cc1. The van der Waals surface area contributed by atoms with Gasteiger partial charge >= 0.3 is 0 Å². The number of aryl methyl sites for hydroxylation is 1. The molecule has 1 aromatic carbocycles. The highest BCUT2D eigenvalue weighted by atomic mass is 16.3. The quantitative estimate of drug-likeness (QED) is 0.887. The van der Waals surface area contributed by atoms with E-state index in [1.165, 1.54) is 5.56 Å². The molecule has 0 spiro atoms. The van der Waals surface area contributed by atoms with Crippen LogP contribution in [-0.4, -0.2) is 29.6 Å². The van der Waals surface area contributed by atoms with Crippen LogP contribution in [0.4, 0.5) is 0 Å². The van der Waals surface area contributed by atoms with Crippen LogP contribution < -0.4 is 0 Å². The first kappa shape index (κ1) is 13.6. The molecule has 0 amide bonds. The van der Waals surface area contributed by atoms with Gasteiger partial charge in [-0.1, -0.05) is 38.1 Å². The second-order valence-electron chi connectivity index (χ2n) is 5.37. The van der Waals surface area contributed by atoms with Gasteiger partial charge in [0.05, 0.1) is 5.60 Å². The number of hydrogen-bond acceptors (Lipinski definition) is 2. The lowest BCUT2D eigenvalue weighted by molar-refractivity contribution is 0.0213. The highest BCUT2D eigenvalue weighted by Gasteiger charge is 2.31. The molecule has 1 N–H and O–H groups in total. The van der Waals surface area contributed by atoms with E-state index in [2.05, 4.69) is 43.0 Å². The van der Waals surface area contributed by atoms with Gasteiger partial charge in [0.15, 0.2) is 0 Å². The lowest BCUT2D eigenvalue weighted by Crippen LogP contribution is -2.29. The van der Waals surface area contributed by atoms with Crippen LogP contribution in [0.15, 0.2) is 24.3 Å². The molecule has 18 heavy (non-hydrogen) atoms. The summed E-state index contributed by atoms with van der Waals surface area (Å²) in [6.07, 6.45) is 3.88. The molecule has 0 bridgehead atoms. The highest BCUT2D eigenvalue weighted by molar-refractivity contribution is 5.27. The van der Waals surface area contributed by atoms with E-state index in [0.717, 1.165) is 50.9 Å². The normalized spacial score (nSPS) is 25.9. The Morgan fingerprint density at radius 2 is 1.83 bits per heavy atom. The van der Waals surface area contributed by atoms with Crippen molar-refractivity contribution in [1.82, 2.24) is 4.90 Å². The van der Waals surface area contributed by atoms with Crippen molar-refractivity contribution in [3.8, 4) is 0 Å².